The van der Waals surface area contributed by atoms with E-state index < -0.39 is 34.8 Å². The normalized spacial score (nSPS) is 15.6. The van der Waals surface area contributed by atoms with Crippen LogP contribution in [-0.4, -0.2) is 146 Å². The molecule has 0 saturated carbocycles. The minimum absolute atomic E-state index is 0. The maximum atomic E-state index is 14.1. The molecule has 0 unspecified atom stereocenters. The molecule has 12 rings (SSSR count). The fourth-order valence-electron chi connectivity index (χ4n) is 12.1. The number of nitriles is 3. The van der Waals surface area contributed by atoms with Gasteiger partial charge < -0.3 is 44.1 Å². The molecule has 95 heavy (non-hydrogen) atoms. The highest BCUT2D eigenvalue weighted by Crippen LogP contribution is 2.31. The van der Waals surface area contributed by atoms with E-state index in [1.165, 1.54) is 68.6 Å². The Kier molecular flexibility index (Phi) is 29.3. The first-order valence-corrected chi connectivity index (χ1v) is 32.4. The van der Waals surface area contributed by atoms with Crippen molar-refractivity contribution in [3.63, 3.8) is 0 Å². The number of carboxylic acids is 1. The van der Waals surface area contributed by atoms with Crippen molar-refractivity contribution in [3.05, 3.63) is 199 Å². The lowest BCUT2D eigenvalue weighted by Gasteiger charge is -2.36. The molecule has 7 aromatic rings. The second kappa shape index (κ2) is 36.9. The van der Waals surface area contributed by atoms with Gasteiger partial charge in [0.15, 0.2) is 0 Å². The Labute approximate surface area is 568 Å². The van der Waals surface area contributed by atoms with E-state index in [4.69, 9.17) is 33.7 Å². The summed E-state index contributed by atoms with van der Waals surface area (Å²) in [7, 11) is 3.75. The van der Waals surface area contributed by atoms with E-state index in [2.05, 4.69) is 48.9 Å². The molecule has 0 aliphatic carbocycles. The molecule has 0 spiro atoms. The summed E-state index contributed by atoms with van der Waals surface area (Å²) >= 11 is 12.7. The van der Waals surface area contributed by atoms with Gasteiger partial charge in [-0.2, -0.15) is 15.8 Å². The number of nitrogens with zero attached hydrogens (tertiary/aromatic N) is 12. The maximum absolute atomic E-state index is 14.1. The summed E-state index contributed by atoms with van der Waals surface area (Å²) in [6.45, 7) is 19.5. The number of carbonyl (C=O) groups is 2. The summed E-state index contributed by atoms with van der Waals surface area (Å²) in [5.74, 6) is -3.44. The van der Waals surface area contributed by atoms with Gasteiger partial charge in [-0.05, 0) is 143 Å². The van der Waals surface area contributed by atoms with E-state index >= 15 is 0 Å². The molecule has 7 heterocycles. The van der Waals surface area contributed by atoms with Crippen LogP contribution >= 0.6 is 23.2 Å². The molecule has 22 heteroatoms. The number of halogens is 6. The third-order valence-electron chi connectivity index (χ3n) is 17.7. The fraction of sp³-hybridized carbons (Fsp3) is 0.411. The number of benzene rings is 5. The number of anilines is 4. The number of amides is 1. The van der Waals surface area contributed by atoms with E-state index in [0.29, 0.717) is 43.3 Å². The van der Waals surface area contributed by atoms with Crippen molar-refractivity contribution in [1.82, 2.24) is 29.2 Å². The van der Waals surface area contributed by atoms with Gasteiger partial charge in [0.05, 0.1) is 32.8 Å². The molecule has 16 nitrogen and oxygen atoms in total. The van der Waals surface area contributed by atoms with Gasteiger partial charge in [0.25, 0.3) is 5.91 Å². The van der Waals surface area contributed by atoms with Gasteiger partial charge in [0.2, 0.25) is 0 Å². The van der Waals surface area contributed by atoms with Crippen LogP contribution in [0.1, 0.15) is 114 Å². The van der Waals surface area contributed by atoms with Gasteiger partial charge in [-0.15, -0.1) is 0 Å². The number of piperazine rings is 3. The predicted octanol–water partition coefficient (Wildman–Crippen LogP) is 13.8. The number of hydrogen-bond donors (Lipinski definition) is 2. The number of aromatic nitrogens is 2. The maximum Gasteiger partial charge on any atom is 0.352 e. The molecule has 5 aliphatic heterocycles. The number of rotatable bonds is 10. The van der Waals surface area contributed by atoms with Gasteiger partial charge in [0.1, 0.15) is 69.6 Å². The highest BCUT2D eigenvalue weighted by molar-refractivity contribution is 6.33. The Bertz CT molecular complexity index is 3760. The number of piperidine rings is 2. The standard InChI is InChI=1S/C29H32ClFN6O.C18H22ClN3O2.C12H13FN2.C7H3F2N.C5H11N.2CH4/c1-21-22(20-34-10-12-36(13-11-34)27-8-4-3-6-24(27)30)18-28(33(21)2)29(38)37-16-14-35(15-17-37)26-9-5-7-25(31)23(26)19-32;1-13-14(11-17(18(23)24)20(13)2)12-21-7-9-22(10-8-21)16-6-4-3-5-15(16)19;13-11-5-4-6-12(10(11)9-14)15-7-2-1-3-8-15;8-6-2-1-3-7(9)5(6)4-10;1-2-4-6-5-3-1;;/h3-9,18H,10-17,20H2,1-2H3;3-6,11H,7-10,12H2,1-2H3,(H,23,24);4-6H,1-3,7-8H2;1-3H;6H,1-5H2;2*1H4. The first kappa shape index (κ1) is 75.5. The Balaban J connectivity index is 0.000000213. The first-order chi connectivity index (χ1) is 44.9. The lowest BCUT2D eigenvalue weighted by atomic mass is 10.1. The fourth-order valence-corrected chi connectivity index (χ4v) is 12.6. The second-order valence-corrected chi connectivity index (χ2v) is 24.3. The summed E-state index contributed by atoms with van der Waals surface area (Å²) in [4.78, 5) is 40.1. The van der Waals surface area contributed by atoms with Gasteiger partial charge >= 0.3 is 5.97 Å². The molecule has 5 aromatic carbocycles. The van der Waals surface area contributed by atoms with Crippen LogP contribution in [0.4, 0.5) is 40.3 Å². The topological polar surface area (TPSA) is 170 Å². The van der Waals surface area contributed by atoms with Crippen molar-refractivity contribution >= 4 is 57.8 Å². The van der Waals surface area contributed by atoms with E-state index in [-0.39, 0.29) is 31.9 Å². The molecule has 2 aromatic heterocycles. The SMILES string of the molecule is C.C.C1CCNCC1.Cc1c(CN2CCN(c3ccccc3Cl)CC2)cc(C(=O)N2CCN(c3cccc(F)c3C#N)CC2)n1C.Cc1c(CN2CCN(c3ccccc3Cl)CC2)cc(C(=O)O)n1C.N#Cc1c(F)cccc1F.N#Cc1c(F)cccc1N1CCCCC1. The molecule has 2 N–H and O–H groups in total. The second-order valence-electron chi connectivity index (χ2n) is 23.5. The van der Waals surface area contributed by atoms with Gasteiger partial charge in [-0.25, -0.2) is 22.4 Å². The minimum Gasteiger partial charge on any atom is -0.477 e. The quantitative estimate of drug-likeness (QED) is 0.124. The zero-order valence-electron chi connectivity index (χ0n) is 53.3. The molecule has 0 atom stereocenters. The smallest absolute Gasteiger partial charge is 0.352 e. The van der Waals surface area contributed by atoms with Crippen LogP contribution in [0.2, 0.25) is 10.0 Å². The Hall–Kier alpha value is -8.55. The third kappa shape index (κ3) is 19.8. The highest BCUT2D eigenvalue weighted by Gasteiger charge is 2.29. The van der Waals surface area contributed by atoms with Crippen molar-refractivity contribution < 1.29 is 32.3 Å². The zero-order valence-corrected chi connectivity index (χ0v) is 54.9. The number of nitrogens with one attached hydrogen (secondary N) is 1. The average Bonchev–Trinajstić information content (AvgIpc) is 1.72. The Morgan fingerprint density at radius 2 is 0.811 bits per heavy atom. The molecule has 1 amide bonds. The largest absolute Gasteiger partial charge is 0.477 e. The molecular formula is C73H89Cl2F4N13O3. The van der Waals surface area contributed by atoms with Crippen LogP contribution in [0.25, 0.3) is 0 Å². The third-order valence-corrected chi connectivity index (χ3v) is 18.4. The predicted molar refractivity (Wildman–Crippen MR) is 373 cm³/mol. The number of para-hydroxylation sites is 2. The Morgan fingerprint density at radius 3 is 1.18 bits per heavy atom. The van der Waals surface area contributed by atoms with Crippen molar-refractivity contribution in [2.75, 3.05) is 124 Å². The van der Waals surface area contributed by atoms with Crippen LogP contribution in [-0.2, 0) is 27.2 Å². The van der Waals surface area contributed by atoms with Crippen LogP contribution in [0, 0.1) is 71.1 Å². The highest BCUT2D eigenvalue weighted by atomic mass is 35.5. The van der Waals surface area contributed by atoms with Crippen LogP contribution in [0.3, 0.4) is 0 Å². The molecular weight excluding hydrogens is 1250 g/mol. The average molecular weight is 1340 g/mol. The van der Waals surface area contributed by atoms with E-state index in [1.807, 2.05) is 89.0 Å². The first-order valence-electron chi connectivity index (χ1n) is 31.6. The van der Waals surface area contributed by atoms with E-state index in [1.54, 1.807) is 35.9 Å². The number of aromatic carboxylic acids is 1. The lowest BCUT2D eigenvalue weighted by molar-refractivity contribution is 0.0684. The van der Waals surface area contributed by atoms with Gasteiger partial charge in [-0.3, -0.25) is 14.6 Å². The monoisotopic (exact) mass is 1340 g/mol. The summed E-state index contributed by atoms with van der Waals surface area (Å²) in [6, 6.07) is 37.9. The summed E-state index contributed by atoms with van der Waals surface area (Å²) < 4.78 is 55.9. The summed E-state index contributed by atoms with van der Waals surface area (Å²) in [6.07, 6.45) is 7.70. The molecule has 5 aliphatic rings. The molecule has 5 fully saturated rings. The van der Waals surface area contributed by atoms with Crippen molar-refractivity contribution in [1.29, 1.82) is 15.8 Å². The summed E-state index contributed by atoms with van der Waals surface area (Å²) in [5, 5.41) is 40.6. The van der Waals surface area contributed by atoms with Crippen LogP contribution in [0.5, 0.6) is 0 Å². The van der Waals surface area contributed by atoms with Crippen molar-refractivity contribution in [3.8, 4) is 18.2 Å². The van der Waals surface area contributed by atoms with Crippen LogP contribution < -0.4 is 24.9 Å². The lowest BCUT2D eigenvalue weighted by Crippen LogP contribution is -2.49. The number of carbonyl (C=O) groups excluding carboxylic acids is 1. The molecule has 5 saturated heterocycles. The number of carboxylic acid groups (broad SMARTS) is 1. The van der Waals surface area contributed by atoms with E-state index in [9.17, 15) is 37.5 Å². The molecule has 0 radical (unpaired) electrons. The van der Waals surface area contributed by atoms with Crippen molar-refractivity contribution in [2.24, 2.45) is 14.1 Å². The molecule has 506 valence electrons. The van der Waals surface area contributed by atoms with E-state index in [0.717, 1.165) is 148 Å². The summed E-state index contributed by atoms with van der Waals surface area (Å²) in [5.41, 5.74) is 8.61. The Morgan fingerprint density at radius 1 is 0.463 bits per heavy atom. The van der Waals surface area contributed by atoms with Gasteiger partial charge in [0, 0.05) is 130 Å². The number of hydrogen-bond acceptors (Lipinski definition) is 12. The van der Waals surface area contributed by atoms with Crippen molar-refractivity contribution in [2.45, 2.75) is 80.3 Å². The zero-order chi connectivity index (χ0) is 66.6. The molecule has 0 bridgehead atoms. The minimum atomic E-state index is -0.879. The van der Waals surface area contributed by atoms with Gasteiger partial charge in [-0.1, -0.05) is 86.9 Å². The van der Waals surface area contributed by atoms with Crippen LogP contribution in [0.15, 0.2) is 115 Å².